The Morgan fingerprint density at radius 2 is 1.92 bits per heavy atom. The Morgan fingerprint density at radius 1 is 1.15 bits per heavy atom. The highest BCUT2D eigenvalue weighted by molar-refractivity contribution is 14.0. The fraction of sp³-hybridized carbons (Fsp3) is 0.947. The van der Waals surface area contributed by atoms with Crippen LogP contribution in [0, 0.1) is 0 Å². The van der Waals surface area contributed by atoms with E-state index in [2.05, 4.69) is 22.5 Å². The second-order valence-electron chi connectivity index (χ2n) is 7.32. The summed E-state index contributed by atoms with van der Waals surface area (Å²) in [6.07, 6.45) is 9.60. The average Bonchev–Trinajstić information content (AvgIpc) is 3.14. The van der Waals surface area contributed by atoms with E-state index in [-0.39, 0.29) is 24.0 Å². The monoisotopic (exact) mass is 498 g/mol. The Kier molecular flexibility index (Phi) is 13.1. The molecular formula is C19H39IN4OS. The third kappa shape index (κ3) is 8.87. The molecule has 0 aromatic carbocycles. The van der Waals surface area contributed by atoms with Crippen molar-refractivity contribution in [3.05, 3.63) is 0 Å². The summed E-state index contributed by atoms with van der Waals surface area (Å²) in [5, 5.41) is 7.33. The van der Waals surface area contributed by atoms with Gasteiger partial charge in [0.1, 0.15) is 0 Å². The molecular weight excluding hydrogens is 459 g/mol. The van der Waals surface area contributed by atoms with Crippen molar-refractivity contribution in [1.29, 1.82) is 0 Å². The van der Waals surface area contributed by atoms with Crippen LogP contribution in [0.2, 0.25) is 0 Å². The first-order valence-electron chi connectivity index (χ1n) is 10.4. The molecule has 2 aliphatic rings. The van der Waals surface area contributed by atoms with Gasteiger partial charge in [-0.2, -0.15) is 0 Å². The minimum Gasteiger partial charge on any atom is -0.357 e. The minimum absolute atomic E-state index is 0. The van der Waals surface area contributed by atoms with Crippen LogP contribution in [0.15, 0.2) is 4.99 Å². The van der Waals surface area contributed by atoms with Crippen LogP contribution in [-0.4, -0.2) is 64.8 Å². The molecule has 0 bridgehead atoms. The molecule has 26 heavy (non-hydrogen) atoms. The van der Waals surface area contributed by atoms with Gasteiger partial charge in [0.05, 0.1) is 0 Å². The highest BCUT2D eigenvalue weighted by Crippen LogP contribution is 2.23. The summed E-state index contributed by atoms with van der Waals surface area (Å²) in [7, 11) is -0.667. The summed E-state index contributed by atoms with van der Waals surface area (Å²) >= 11 is 0. The number of nitrogens with zero attached hydrogens (tertiary/aromatic N) is 2. The summed E-state index contributed by atoms with van der Waals surface area (Å²) in [6.45, 7) is 9.72. The second kappa shape index (κ2) is 14.2. The lowest BCUT2D eigenvalue weighted by molar-refractivity contribution is 0.331. The molecule has 2 fully saturated rings. The van der Waals surface area contributed by atoms with Crippen molar-refractivity contribution in [1.82, 2.24) is 15.5 Å². The van der Waals surface area contributed by atoms with Gasteiger partial charge in [0.25, 0.3) is 0 Å². The maximum absolute atomic E-state index is 12.1. The molecule has 1 saturated heterocycles. The number of nitrogens with one attached hydrogen (secondary N) is 2. The fourth-order valence-electron chi connectivity index (χ4n) is 3.91. The molecule has 154 valence electrons. The third-order valence-corrected chi connectivity index (χ3v) is 7.06. The molecule has 3 unspecified atom stereocenters. The zero-order chi connectivity index (χ0) is 17.9. The van der Waals surface area contributed by atoms with E-state index in [1.165, 1.54) is 45.3 Å². The van der Waals surface area contributed by atoms with Crippen LogP contribution >= 0.6 is 24.0 Å². The highest BCUT2D eigenvalue weighted by atomic mass is 127. The summed E-state index contributed by atoms with van der Waals surface area (Å²) in [4.78, 5) is 7.33. The Morgan fingerprint density at radius 3 is 2.62 bits per heavy atom. The first kappa shape index (κ1) is 24.1. The van der Waals surface area contributed by atoms with E-state index in [4.69, 9.17) is 4.99 Å². The zero-order valence-corrected chi connectivity index (χ0v) is 19.8. The standard InChI is InChI=1S/C19H38N4OS.HI/c1-3-20-19(21-12-5-6-13-23-14-7-8-15-23)22-17-10-9-11-18(16-17)25(24)4-2;/h17-18H,3-16H2,1-2H3,(H2,20,21,22);1H. The zero-order valence-electron chi connectivity index (χ0n) is 16.7. The lowest BCUT2D eigenvalue weighted by atomic mass is 9.95. The van der Waals surface area contributed by atoms with Gasteiger partial charge in [-0.3, -0.25) is 9.20 Å². The maximum Gasteiger partial charge on any atom is 0.191 e. The number of likely N-dealkylation sites (tertiary alicyclic amines) is 1. The van der Waals surface area contributed by atoms with E-state index in [0.29, 0.717) is 11.3 Å². The molecule has 1 saturated carbocycles. The van der Waals surface area contributed by atoms with Gasteiger partial charge < -0.3 is 15.5 Å². The Bertz CT molecular complexity index is 430. The fourth-order valence-corrected chi connectivity index (χ4v) is 5.26. The number of hydrogen-bond donors (Lipinski definition) is 2. The predicted molar refractivity (Wildman–Crippen MR) is 124 cm³/mol. The highest BCUT2D eigenvalue weighted by Gasteiger charge is 2.26. The molecule has 1 aliphatic carbocycles. The minimum atomic E-state index is -0.667. The molecule has 0 aromatic rings. The summed E-state index contributed by atoms with van der Waals surface area (Å²) in [5.41, 5.74) is 0. The number of guanidine groups is 1. The second-order valence-corrected chi connectivity index (χ2v) is 9.32. The van der Waals surface area contributed by atoms with E-state index >= 15 is 0 Å². The van der Waals surface area contributed by atoms with Crippen molar-refractivity contribution in [3.8, 4) is 0 Å². The molecule has 5 nitrogen and oxygen atoms in total. The van der Waals surface area contributed by atoms with Gasteiger partial charge >= 0.3 is 0 Å². The Balaban J connectivity index is 0.00000338. The van der Waals surface area contributed by atoms with Crippen LogP contribution in [0.4, 0.5) is 0 Å². The van der Waals surface area contributed by atoms with Crippen LogP contribution in [0.25, 0.3) is 0 Å². The quantitative estimate of drug-likeness (QED) is 0.222. The number of hydrogen-bond acceptors (Lipinski definition) is 3. The maximum atomic E-state index is 12.1. The Labute approximate surface area is 180 Å². The predicted octanol–water partition coefficient (Wildman–Crippen LogP) is 3.12. The van der Waals surface area contributed by atoms with Gasteiger partial charge in [0, 0.05) is 40.9 Å². The van der Waals surface area contributed by atoms with Crippen molar-refractivity contribution in [2.45, 2.75) is 76.5 Å². The van der Waals surface area contributed by atoms with E-state index in [1.54, 1.807) is 0 Å². The van der Waals surface area contributed by atoms with E-state index in [0.717, 1.165) is 50.5 Å². The molecule has 0 amide bonds. The summed E-state index contributed by atoms with van der Waals surface area (Å²) in [5.74, 6) is 1.72. The number of halogens is 1. The molecule has 2 rings (SSSR count). The van der Waals surface area contributed by atoms with Crippen molar-refractivity contribution in [2.75, 3.05) is 38.5 Å². The van der Waals surface area contributed by atoms with E-state index in [9.17, 15) is 4.21 Å². The van der Waals surface area contributed by atoms with Crippen LogP contribution in [0.3, 0.4) is 0 Å². The molecule has 1 heterocycles. The van der Waals surface area contributed by atoms with Gasteiger partial charge in [0.15, 0.2) is 5.96 Å². The van der Waals surface area contributed by atoms with Gasteiger partial charge in [0.2, 0.25) is 0 Å². The van der Waals surface area contributed by atoms with E-state index < -0.39 is 10.8 Å². The van der Waals surface area contributed by atoms with Crippen LogP contribution < -0.4 is 10.6 Å². The normalized spacial score (nSPS) is 25.5. The average molecular weight is 499 g/mol. The Hall–Kier alpha value is 0.110. The lowest BCUT2D eigenvalue weighted by Crippen LogP contribution is -2.46. The van der Waals surface area contributed by atoms with Gasteiger partial charge in [-0.1, -0.05) is 13.3 Å². The molecule has 3 atom stereocenters. The number of aliphatic imine (C=N–C) groups is 1. The first-order valence-corrected chi connectivity index (χ1v) is 11.8. The molecule has 1 aliphatic heterocycles. The first-order chi connectivity index (χ1) is 12.2. The van der Waals surface area contributed by atoms with Crippen LogP contribution in [0.5, 0.6) is 0 Å². The van der Waals surface area contributed by atoms with Crippen LogP contribution in [-0.2, 0) is 10.8 Å². The number of unbranched alkanes of at least 4 members (excludes halogenated alkanes) is 1. The van der Waals surface area contributed by atoms with Gasteiger partial charge in [-0.25, -0.2) is 0 Å². The van der Waals surface area contributed by atoms with Crippen molar-refractivity contribution < 1.29 is 4.21 Å². The van der Waals surface area contributed by atoms with Gasteiger partial charge in [-0.15, -0.1) is 24.0 Å². The van der Waals surface area contributed by atoms with Gasteiger partial charge in [-0.05, 0) is 71.5 Å². The molecule has 0 aromatic heterocycles. The summed E-state index contributed by atoms with van der Waals surface area (Å²) in [6, 6.07) is 0.414. The molecule has 0 radical (unpaired) electrons. The largest absolute Gasteiger partial charge is 0.357 e. The smallest absolute Gasteiger partial charge is 0.191 e. The van der Waals surface area contributed by atoms with Crippen LogP contribution in [0.1, 0.15) is 65.2 Å². The lowest BCUT2D eigenvalue weighted by Gasteiger charge is -2.30. The van der Waals surface area contributed by atoms with E-state index in [1.807, 2.05) is 6.92 Å². The third-order valence-electron chi connectivity index (χ3n) is 5.32. The molecule has 0 spiro atoms. The SMILES string of the molecule is CCNC(=NCCCCN1CCCC1)NC1CCCC(S(=O)CC)C1.I. The summed E-state index contributed by atoms with van der Waals surface area (Å²) < 4.78 is 12.1. The van der Waals surface area contributed by atoms with Crippen molar-refractivity contribution in [3.63, 3.8) is 0 Å². The van der Waals surface area contributed by atoms with Crippen molar-refractivity contribution in [2.24, 2.45) is 4.99 Å². The van der Waals surface area contributed by atoms with Crippen molar-refractivity contribution >= 4 is 40.7 Å². The topological polar surface area (TPSA) is 56.7 Å². The molecule has 7 heteroatoms. The number of rotatable bonds is 9. The molecule has 2 N–H and O–H groups in total.